The molecule has 1 heterocycles. The Kier molecular flexibility index (Phi) is 6.51. The van der Waals surface area contributed by atoms with Crippen LogP contribution < -0.4 is 5.32 Å². The first-order valence-electron chi connectivity index (χ1n) is 10.1. The van der Waals surface area contributed by atoms with E-state index in [4.69, 9.17) is 0 Å². The topological polar surface area (TPSA) is 101 Å². The van der Waals surface area contributed by atoms with Crippen LogP contribution >= 0.6 is 0 Å². The van der Waals surface area contributed by atoms with Crippen LogP contribution in [0.15, 0.2) is 54.1 Å². The Morgan fingerprint density at radius 2 is 1.94 bits per heavy atom. The second kappa shape index (κ2) is 9.26. The van der Waals surface area contributed by atoms with Gasteiger partial charge in [0.05, 0.1) is 4.92 Å². The van der Waals surface area contributed by atoms with Gasteiger partial charge in [0.2, 0.25) is 0 Å². The molecule has 0 aliphatic carbocycles. The predicted octanol–water partition coefficient (Wildman–Crippen LogP) is 4.73. The molecular weight excluding hydrogens is 392 g/mol. The minimum absolute atomic E-state index is 0.0196. The number of hydrogen-bond donors (Lipinski definition) is 1. The third-order valence-corrected chi connectivity index (χ3v) is 5.41. The van der Waals surface area contributed by atoms with E-state index in [1.54, 1.807) is 18.2 Å². The predicted molar refractivity (Wildman–Crippen MR) is 120 cm³/mol. The van der Waals surface area contributed by atoms with E-state index in [9.17, 15) is 20.2 Å². The Labute approximate surface area is 180 Å². The number of amides is 1. The Morgan fingerprint density at radius 1 is 1.26 bits per heavy atom. The summed E-state index contributed by atoms with van der Waals surface area (Å²) in [5.41, 5.74) is 3.70. The number of nitriles is 1. The van der Waals surface area contributed by atoms with E-state index in [2.05, 4.69) is 9.88 Å². The van der Waals surface area contributed by atoms with Crippen LogP contribution in [-0.2, 0) is 11.3 Å². The van der Waals surface area contributed by atoms with Gasteiger partial charge in [0.15, 0.2) is 0 Å². The highest BCUT2D eigenvalue weighted by atomic mass is 16.6. The first kappa shape index (κ1) is 21.8. The lowest BCUT2D eigenvalue weighted by Crippen LogP contribution is -2.32. The van der Waals surface area contributed by atoms with E-state index < -0.39 is 4.92 Å². The number of nitro groups is 1. The molecule has 0 spiro atoms. The minimum atomic E-state index is -0.420. The second-order valence-electron chi connectivity index (χ2n) is 7.48. The van der Waals surface area contributed by atoms with E-state index in [0.29, 0.717) is 6.54 Å². The van der Waals surface area contributed by atoms with Crippen molar-refractivity contribution < 1.29 is 9.72 Å². The highest BCUT2D eigenvalue weighted by Gasteiger charge is 2.17. The number of nitrogens with zero attached hydrogens (tertiary/aromatic N) is 3. The number of carbonyl (C=O) groups is 1. The maximum atomic E-state index is 12.5. The van der Waals surface area contributed by atoms with Crippen LogP contribution in [0.3, 0.4) is 0 Å². The Bertz CT molecular complexity index is 1200. The van der Waals surface area contributed by atoms with Crippen molar-refractivity contribution in [2.24, 2.45) is 0 Å². The first-order chi connectivity index (χ1) is 14.8. The van der Waals surface area contributed by atoms with Gasteiger partial charge in [-0.2, -0.15) is 5.26 Å². The summed E-state index contributed by atoms with van der Waals surface area (Å²) < 4.78 is 2.09. The van der Waals surface area contributed by atoms with E-state index in [0.717, 1.165) is 34.1 Å². The van der Waals surface area contributed by atoms with Crippen LogP contribution in [0.25, 0.3) is 17.0 Å². The molecule has 0 aliphatic rings. The maximum absolute atomic E-state index is 12.5. The van der Waals surface area contributed by atoms with Gasteiger partial charge >= 0.3 is 0 Å². The highest BCUT2D eigenvalue weighted by molar-refractivity contribution is 6.04. The second-order valence-corrected chi connectivity index (χ2v) is 7.48. The molecule has 1 atom stereocenters. The van der Waals surface area contributed by atoms with Crippen LogP contribution in [0.2, 0.25) is 0 Å². The summed E-state index contributed by atoms with van der Waals surface area (Å²) >= 11 is 0. The lowest BCUT2D eigenvalue weighted by atomic mass is 10.1. The Balaban J connectivity index is 2.04. The molecule has 31 heavy (non-hydrogen) atoms. The smallest absolute Gasteiger partial charge is 0.269 e. The summed E-state index contributed by atoms with van der Waals surface area (Å²) in [6, 6.07) is 16.3. The van der Waals surface area contributed by atoms with Crippen molar-refractivity contribution in [1.82, 2.24) is 9.88 Å². The van der Waals surface area contributed by atoms with Crippen molar-refractivity contribution in [3.8, 4) is 6.07 Å². The third kappa shape index (κ3) is 4.64. The first-order valence-corrected chi connectivity index (χ1v) is 10.1. The summed E-state index contributed by atoms with van der Waals surface area (Å²) in [6.07, 6.45) is 2.42. The van der Waals surface area contributed by atoms with Crippen molar-refractivity contribution in [1.29, 1.82) is 5.26 Å². The summed E-state index contributed by atoms with van der Waals surface area (Å²) in [5.74, 6) is -0.386. The Morgan fingerprint density at radius 3 is 2.55 bits per heavy atom. The molecule has 1 aromatic heterocycles. The molecule has 3 rings (SSSR count). The molecule has 0 saturated carbocycles. The number of nitro benzene ring substituents is 1. The van der Waals surface area contributed by atoms with Gasteiger partial charge in [-0.3, -0.25) is 14.9 Å². The largest absolute Gasteiger partial charge is 0.349 e. The number of aromatic nitrogens is 1. The number of rotatable bonds is 7. The molecule has 0 unspecified atom stereocenters. The summed E-state index contributed by atoms with van der Waals surface area (Å²) in [6.45, 7) is 6.32. The number of nitrogens with one attached hydrogen (secondary N) is 1. The molecule has 1 N–H and O–H groups in total. The van der Waals surface area contributed by atoms with Crippen LogP contribution in [0, 0.1) is 28.4 Å². The average Bonchev–Trinajstić information content (AvgIpc) is 3.03. The minimum Gasteiger partial charge on any atom is -0.349 e. The normalized spacial score (nSPS) is 12.4. The fraction of sp³-hybridized carbons (Fsp3) is 0.250. The summed E-state index contributed by atoms with van der Waals surface area (Å²) in [7, 11) is 0. The standard InChI is InChI=1S/C24H24N4O3/c1-4-16(2)26-24(29)19(14-25)13-22-17(3)27(23-8-6-5-7-21(22)23)15-18-9-11-20(12-10-18)28(30)31/h5-13,16H,4,15H2,1-3H3,(H,26,29)/b19-13+/t16-/m0/s1. The lowest BCUT2D eigenvalue weighted by Gasteiger charge is -2.10. The van der Waals surface area contributed by atoms with Crippen molar-refractivity contribution in [3.05, 3.63) is 81.0 Å². The molecule has 0 bridgehead atoms. The molecule has 0 saturated heterocycles. The van der Waals surface area contributed by atoms with Gasteiger partial charge in [0.25, 0.3) is 11.6 Å². The summed E-state index contributed by atoms with van der Waals surface area (Å²) in [5, 5.41) is 24.3. The van der Waals surface area contributed by atoms with Crippen LogP contribution in [0.4, 0.5) is 5.69 Å². The van der Waals surface area contributed by atoms with E-state index in [-0.39, 0.29) is 23.2 Å². The molecule has 7 heteroatoms. The van der Waals surface area contributed by atoms with Gasteiger partial charge < -0.3 is 9.88 Å². The molecule has 0 aliphatic heterocycles. The molecule has 3 aromatic rings. The van der Waals surface area contributed by atoms with E-state index in [1.807, 2.05) is 51.1 Å². The van der Waals surface area contributed by atoms with Gasteiger partial charge in [-0.15, -0.1) is 0 Å². The van der Waals surface area contributed by atoms with Crippen LogP contribution in [0.1, 0.15) is 37.1 Å². The quantitative estimate of drug-likeness (QED) is 0.260. The van der Waals surface area contributed by atoms with Crippen LogP contribution in [-0.4, -0.2) is 21.4 Å². The molecule has 0 radical (unpaired) electrons. The van der Waals surface area contributed by atoms with Gasteiger partial charge in [0, 0.05) is 46.9 Å². The number of para-hydroxylation sites is 1. The molecule has 158 valence electrons. The van der Waals surface area contributed by atoms with Gasteiger partial charge in [-0.1, -0.05) is 37.3 Å². The molecular formula is C24H24N4O3. The van der Waals surface area contributed by atoms with Gasteiger partial charge in [-0.05, 0) is 38.0 Å². The summed E-state index contributed by atoms with van der Waals surface area (Å²) in [4.78, 5) is 23.0. The number of benzene rings is 2. The van der Waals surface area contributed by atoms with Crippen LogP contribution in [0.5, 0.6) is 0 Å². The fourth-order valence-corrected chi connectivity index (χ4v) is 3.45. The lowest BCUT2D eigenvalue weighted by molar-refractivity contribution is -0.384. The highest BCUT2D eigenvalue weighted by Crippen LogP contribution is 2.29. The van der Waals surface area contributed by atoms with Crippen molar-refractivity contribution in [3.63, 3.8) is 0 Å². The third-order valence-electron chi connectivity index (χ3n) is 5.41. The zero-order chi connectivity index (χ0) is 22.5. The van der Waals surface area contributed by atoms with Crippen molar-refractivity contribution in [2.45, 2.75) is 39.8 Å². The monoisotopic (exact) mass is 416 g/mol. The zero-order valence-electron chi connectivity index (χ0n) is 17.8. The molecule has 2 aromatic carbocycles. The zero-order valence-corrected chi connectivity index (χ0v) is 17.8. The number of non-ortho nitro benzene ring substituents is 1. The molecule has 0 fully saturated rings. The van der Waals surface area contributed by atoms with E-state index in [1.165, 1.54) is 12.1 Å². The SMILES string of the molecule is CC[C@H](C)NC(=O)/C(C#N)=C/c1c(C)n(Cc2ccc([N+](=O)[O-])cc2)c2ccccc12. The Hall–Kier alpha value is -3.92. The number of fused-ring (bicyclic) bond motifs is 1. The molecule has 1 amide bonds. The fourth-order valence-electron chi connectivity index (χ4n) is 3.45. The maximum Gasteiger partial charge on any atom is 0.269 e. The number of hydrogen-bond acceptors (Lipinski definition) is 4. The number of carbonyl (C=O) groups excluding carboxylic acids is 1. The van der Waals surface area contributed by atoms with Gasteiger partial charge in [-0.25, -0.2) is 0 Å². The van der Waals surface area contributed by atoms with Gasteiger partial charge in [0.1, 0.15) is 11.6 Å². The van der Waals surface area contributed by atoms with Crippen molar-refractivity contribution >= 4 is 28.6 Å². The molecule has 7 nitrogen and oxygen atoms in total. The average molecular weight is 416 g/mol. The van der Waals surface area contributed by atoms with E-state index >= 15 is 0 Å². The van der Waals surface area contributed by atoms with Crippen molar-refractivity contribution in [2.75, 3.05) is 0 Å².